The average Bonchev–Trinajstić information content (AvgIpc) is 2.73. The lowest BCUT2D eigenvalue weighted by Crippen LogP contribution is -2.28. The molecule has 0 amide bonds. The van der Waals surface area contributed by atoms with Crippen molar-refractivity contribution in [1.82, 2.24) is 0 Å². The van der Waals surface area contributed by atoms with E-state index in [1.165, 1.54) is 5.56 Å². The molecular weight excluding hydrogens is 464 g/mol. The number of Topliss-reactive ketones (excluding diaryl/α,β-unsaturated/α-hetero) is 1. The van der Waals surface area contributed by atoms with Gasteiger partial charge in [-0.1, -0.05) is 113 Å². The quantitative estimate of drug-likeness (QED) is 0.395. The van der Waals surface area contributed by atoms with Gasteiger partial charge >= 0.3 is 0 Å². The number of hydrogen-bond donors (Lipinski definition) is 0. The molecule has 0 N–H and O–H groups in total. The van der Waals surface area contributed by atoms with Crippen LogP contribution in [-0.2, 0) is 20.7 Å². The molecular formula is C36H47O2. The normalized spacial score (nSPS) is 15.4. The molecule has 38 heavy (non-hydrogen) atoms. The fourth-order valence-electron chi connectivity index (χ4n) is 5.00. The van der Waals surface area contributed by atoms with E-state index in [1.807, 2.05) is 0 Å². The maximum absolute atomic E-state index is 13.7. The number of ketones is 1. The third-order valence-corrected chi connectivity index (χ3v) is 7.33. The van der Waals surface area contributed by atoms with E-state index in [2.05, 4.69) is 139 Å². The van der Waals surface area contributed by atoms with Crippen LogP contribution in [0.15, 0.2) is 65.3 Å². The van der Waals surface area contributed by atoms with Crippen molar-refractivity contribution < 1.29 is 9.90 Å². The molecule has 2 heteroatoms. The van der Waals surface area contributed by atoms with Crippen LogP contribution in [0.25, 0.3) is 5.57 Å². The Hall–Kier alpha value is -2.87. The molecule has 0 bridgehead atoms. The molecule has 0 saturated carbocycles. The Kier molecular flexibility index (Phi) is 7.58. The van der Waals surface area contributed by atoms with Gasteiger partial charge in [-0.25, -0.2) is 0 Å². The zero-order valence-electron chi connectivity index (χ0n) is 25.9. The van der Waals surface area contributed by atoms with Crippen LogP contribution in [-0.4, -0.2) is 5.78 Å². The Bertz CT molecular complexity index is 1260. The van der Waals surface area contributed by atoms with Gasteiger partial charge in [-0.15, -0.1) is 0 Å². The van der Waals surface area contributed by atoms with E-state index in [-0.39, 0.29) is 33.2 Å². The zero-order valence-corrected chi connectivity index (χ0v) is 25.9. The Morgan fingerprint density at radius 3 is 1.32 bits per heavy atom. The third kappa shape index (κ3) is 6.06. The lowest BCUT2D eigenvalue weighted by molar-refractivity contribution is -0.114. The number of aryl methyl sites for hydroxylation is 1. The second kappa shape index (κ2) is 9.70. The molecule has 0 spiro atoms. The van der Waals surface area contributed by atoms with Crippen molar-refractivity contribution in [3.63, 3.8) is 0 Å². The minimum Gasteiger partial charge on any atom is -0.289 e. The molecule has 0 heterocycles. The van der Waals surface area contributed by atoms with Crippen LogP contribution >= 0.6 is 0 Å². The minimum absolute atomic E-state index is 0.123. The van der Waals surface area contributed by atoms with Crippen molar-refractivity contribution in [2.45, 2.75) is 101 Å². The van der Waals surface area contributed by atoms with Crippen molar-refractivity contribution in [2.24, 2.45) is 10.8 Å². The van der Waals surface area contributed by atoms with Crippen molar-refractivity contribution in [2.75, 3.05) is 0 Å². The number of carbonyl (C=O) groups is 1. The monoisotopic (exact) mass is 511 g/mol. The lowest BCUT2D eigenvalue weighted by Gasteiger charge is -2.32. The van der Waals surface area contributed by atoms with Crippen LogP contribution in [0.3, 0.4) is 0 Å². The summed E-state index contributed by atoms with van der Waals surface area (Å²) in [5.74, 6) is 0.246. The highest BCUT2D eigenvalue weighted by atomic mass is 16.3. The first-order valence-electron chi connectivity index (χ1n) is 13.8. The molecule has 2 aromatic carbocycles. The second-order valence-electron chi connectivity index (χ2n) is 15.0. The largest absolute Gasteiger partial charge is 0.289 e. The van der Waals surface area contributed by atoms with Gasteiger partial charge < -0.3 is 0 Å². The topological polar surface area (TPSA) is 37.0 Å². The minimum atomic E-state index is -0.308. The van der Waals surface area contributed by atoms with Crippen LogP contribution in [0, 0.1) is 17.8 Å². The molecule has 0 aliphatic heterocycles. The Morgan fingerprint density at radius 2 is 0.974 bits per heavy atom. The van der Waals surface area contributed by atoms with Crippen LogP contribution in [0.2, 0.25) is 0 Å². The van der Waals surface area contributed by atoms with Crippen molar-refractivity contribution in [3.8, 4) is 5.75 Å². The number of rotatable bonds is 2. The summed E-state index contributed by atoms with van der Waals surface area (Å²) in [7, 11) is 0. The number of hydrogen-bond acceptors (Lipinski definition) is 1. The first kappa shape index (κ1) is 29.7. The molecule has 2 aromatic rings. The van der Waals surface area contributed by atoms with Gasteiger partial charge in [-0.05, 0) is 75.1 Å². The molecule has 1 aliphatic carbocycles. The van der Waals surface area contributed by atoms with Gasteiger partial charge in [-0.3, -0.25) is 9.90 Å². The van der Waals surface area contributed by atoms with E-state index >= 15 is 0 Å². The van der Waals surface area contributed by atoms with Crippen LogP contribution in [0.1, 0.15) is 111 Å². The van der Waals surface area contributed by atoms with E-state index in [0.29, 0.717) is 0 Å². The number of carbonyl (C=O) groups excluding carboxylic acids is 1. The van der Waals surface area contributed by atoms with Gasteiger partial charge in [-0.2, -0.15) is 0 Å². The summed E-state index contributed by atoms with van der Waals surface area (Å²) in [6.45, 7) is 27.3. The molecule has 3 rings (SSSR count). The average molecular weight is 512 g/mol. The molecule has 0 atom stereocenters. The van der Waals surface area contributed by atoms with Gasteiger partial charge in [0, 0.05) is 22.3 Å². The summed E-state index contributed by atoms with van der Waals surface area (Å²) in [4.78, 5) is 13.7. The van der Waals surface area contributed by atoms with Gasteiger partial charge in [0.2, 0.25) is 0 Å². The SMILES string of the molecule is Cc1ccc(C(=C2C=C(C(C)(C)C)C(=O)C(C(C)(C)C)=C2)c2cc(C(C)(C)C)c([O])c(C(C)(C)C)c2)cc1. The summed E-state index contributed by atoms with van der Waals surface area (Å²) in [6.07, 6.45) is 4.18. The highest BCUT2D eigenvalue weighted by Crippen LogP contribution is 2.45. The molecule has 0 saturated heterocycles. The molecule has 1 radical (unpaired) electrons. The highest BCUT2D eigenvalue weighted by Gasteiger charge is 2.35. The van der Waals surface area contributed by atoms with E-state index in [0.717, 1.165) is 44.5 Å². The maximum atomic E-state index is 13.7. The van der Waals surface area contributed by atoms with Crippen molar-refractivity contribution in [1.29, 1.82) is 0 Å². The van der Waals surface area contributed by atoms with Crippen LogP contribution in [0.5, 0.6) is 5.75 Å². The summed E-state index contributed by atoms with van der Waals surface area (Å²) in [5.41, 5.74) is 7.38. The summed E-state index contributed by atoms with van der Waals surface area (Å²) >= 11 is 0. The van der Waals surface area contributed by atoms with Gasteiger partial charge in [0.15, 0.2) is 11.5 Å². The number of benzene rings is 2. The fourth-order valence-corrected chi connectivity index (χ4v) is 5.00. The molecule has 0 unspecified atom stereocenters. The van der Waals surface area contributed by atoms with Crippen LogP contribution in [0.4, 0.5) is 0 Å². The zero-order chi connectivity index (χ0) is 29.0. The fraction of sp³-hybridized carbons (Fsp3) is 0.472. The third-order valence-electron chi connectivity index (χ3n) is 7.33. The summed E-state index contributed by atoms with van der Waals surface area (Å²) < 4.78 is 0. The van der Waals surface area contributed by atoms with Crippen LogP contribution < -0.4 is 0 Å². The van der Waals surface area contributed by atoms with E-state index < -0.39 is 0 Å². The van der Waals surface area contributed by atoms with Gasteiger partial charge in [0.05, 0.1) is 0 Å². The molecule has 0 fully saturated rings. The summed E-state index contributed by atoms with van der Waals surface area (Å²) in [6, 6.07) is 12.7. The standard InChI is InChI=1S/C36H47O2/c1-22-14-16-23(17-15-22)30(24-18-26(33(2,3)4)31(37)27(19-24)34(5,6)7)25-20-28(35(8,9)10)32(38)29(21-25)36(11,12)13/h14-21H,1-13H3. The van der Waals surface area contributed by atoms with Gasteiger partial charge in [0.25, 0.3) is 0 Å². The molecule has 203 valence electrons. The Balaban J connectivity index is 2.58. The van der Waals surface area contributed by atoms with Crippen molar-refractivity contribution >= 4 is 11.4 Å². The highest BCUT2D eigenvalue weighted by molar-refractivity contribution is 6.12. The Morgan fingerprint density at radius 1 is 0.579 bits per heavy atom. The smallest absolute Gasteiger partial charge is 0.186 e. The second-order valence-corrected chi connectivity index (χ2v) is 15.0. The predicted octanol–water partition coefficient (Wildman–Crippen LogP) is 10.1. The number of allylic oxidation sites excluding steroid dienone is 5. The van der Waals surface area contributed by atoms with E-state index in [1.54, 1.807) is 0 Å². The van der Waals surface area contributed by atoms with E-state index in [4.69, 9.17) is 0 Å². The predicted molar refractivity (Wildman–Crippen MR) is 161 cm³/mol. The first-order chi connectivity index (χ1) is 17.1. The maximum Gasteiger partial charge on any atom is 0.186 e. The van der Waals surface area contributed by atoms with Crippen molar-refractivity contribution in [3.05, 3.63) is 93.1 Å². The summed E-state index contributed by atoms with van der Waals surface area (Å²) in [5, 5.41) is 13.7. The first-order valence-corrected chi connectivity index (χ1v) is 13.8. The van der Waals surface area contributed by atoms with E-state index in [9.17, 15) is 9.90 Å². The molecule has 2 nitrogen and oxygen atoms in total. The molecule has 0 aromatic heterocycles. The molecule has 1 aliphatic rings. The Labute approximate surface area is 231 Å². The van der Waals surface area contributed by atoms with Gasteiger partial charge in [0.1, 0.15) is 0 Å². The lowest BCUT2D eigenvalue weighted by atomic mass is 9.70.